The van der Waals surface area contributed by atoms with Gasteiger partial charge in [-0.3, -0.25) is 9.59 Å². The normalized spacial score (nSPS) is 13.1. The molecule has 0 saturated heterocycles. The summed E-state index contributed by atoms with van der Waals surface area (Å²) in [5.41, 5.74) is -0.385. The van der Waals surface area contributed by atoms with Crippen LogP contribution in [0, 0.1) is 5.41 Å². The average molecular weight is 215 g/mol. The van der Waals surface area contributed by atoms with E-state index in [-0.39, 0.29) is 29.8 Å². The highest BCUT2D eigenvalue weighted by Gasteiger charge is 2.26. The van der Waals surface area contributed by atoms with Crippen molar-refractivity contribution in [2.75, 3.05) is 7.11 Å². The zero-order valence-electron chi connectivity index (χ0n) is 10.2. The van der Waals surface area contributed by atoms with Crippen molar-refractivity contribution in [3.05, 3.63) is 0 Å². The molecule has 0 rings (SSSR count). The minimum absolute atomic E-state index is 0.0265. The molecule has 0 aromatic carbocycles. The van der Waals surface area contributed by atoms with Crippen LogP contribution in [0.2, 0.25) is 0 Å². The van der Waals surface area contributed by atoms with Gasteiger partial charge < -0.3 is 10.1 Å². The van der Waals surface area contributed by atoms with E-state index in [0.717, 1.165) is 6.42 Å². The van der Waals surface area contributed by atoms with Gasteiger partial charge in [-0.05, 0) is 13.3 Å². The van der Waals surface area contributed by atoms with Gasteiger partial charge in [-0.25, -0.2) is 0 Å². The summed E-state index contributed by atoms with van der Waals surface area (Å²) in [5, 5.41) is 2.80. The molecule has 4 nitrogen and oxygen atoms in total. The maximum Gasteiger partial charge on any atom is 0.307 e. The molecule has 0 aromatic heterocycles. The minimum Gasteiger partial charge on any atom is -0.469 e. The molecule has 4 heteroatoms. The maximum absolute atomic E-state index is 11.7. The summed E-state index contributed by atoms with van der Waals surface area (Å²) in [6.07, 6.45) is 0.978. The number of hydrogen-bond donors (Lipinski definition) is 1. The third-order valence-corrected chi connectivity index (χ3v) is 2.58. The van der Waals surface area contributed by atoms with Gasteiger partial charge in [0.15, 0.2) is 0 Å². The molecule has 88 valence electrons. The number of rotatable bonds is 5. The van der Waals surface area contributed by atoms with E-state index in [4.69, 9.17) is 0 Å². The van der Waals surface area contributed by atoms with Crippen LogP contribution in [0.1, 0.15) is 40.5 Å². The first kappa shape index (κ1) is 13.9. The predicted octanol–water partition coefficient (Wildman–Crippen LogP) is 1.49. The quantitative estimate of drug-likeness (QED) is 0.707. The van der Waals surface area contributed by atoms with Crippen LogP contribution in [0.3, 0.4) is 0 Å². The Bertz CT molecular complexity index is 236. The number of methoxy groups -OCH3 is 1. The number of esters is 1. The third kappa shape index (κ3) is 4.81. The lowest BCUT2D eigenvalue weighted by Crippen LogP contribution is -2.42. The van der Waals surface area contributed by atoms with Crippen molar-refractivity contribution < 1.29 is 14.3 Å². The summed E-state index contributed by atoms with van der Waals surface area (Å²) in [6, 6.07) is -0.184. The van der Waals surface area contributed by atoms with Crippen LogP contribution in [0.25, 0.3) is 0 Å². The zero-order valence-corrected chi connectivity index (χ0v) is 10.2. The molecule has 0 bridgehead atoms. The molecular weight excluding hydrogens is 194 g/mol. The summed E-state index contributed by atoms with van der Waals surface area (Å²) in [6.45, 7) is 7.52. The van der Waals surface area contributed by atoms with E-state index in [1.54, 1.807) is 6.92 Å². The van der Waals surface area contributed by atoms with Crippen LogP contribution in [0.4, 0.5) is 0 Å². The molecule has 0 radical (unpaired) electrons. The number of carbonyl (C=O) groups is 2. The highest BCUT2D eigenvalue weighted by molar-refractivity contribution is 5.82. The van der Waals surface area contributed by atoms with E-state index in [9.17, 15) is 9.59 Å². The fraction of sp³-hybridized carbons (Fsp3) is 0.818. The van der Waals surface area contributed by atoms with E-state index >= 15 is 0 Å². The van der Waals surface area contributed by atoms with Crippen LogP contribution in [0.5, 0.6) is 0 Å². The maximum atomic E-state index is 11.7. The van der Waals surface area contributed by atoms with Crippen LogP contribution < -0.4 is 5.32 Å². The van der Waals surface area contributed by atoms with Gasteiger partial charge in [0.2, 0.25) is 5.91 Å². The number of nitrogens with one attached hydrogen (secondary N) is 1. The van der Waals surface area contributed by atoms with E-state index < -0.39 is 0 Å². The largest absolute Gasteiger partial charge is 0.469 e. The predicted molar refractivity (Wildman–Crippen MR) is 58.3 cm³/mol. The number of carbonyl (C=O) groups excluding carboxylic acids is 2. The van der Waals surface area contributed by atoms with E-state index in [0.29, 0.717) is 0 Å². The second-order valence-corrected chi connectivity index (χ2v) is 4.39. The van der Waals surface area contributed by atoms with Gasteiger partial charge in [-0.15, -0.1) is 0 Å². The molecule has 15 heavy (non-hydrogen) atoms. The number of ether oxygens (including phenoxy) is 1. The third-order valence-electron chi connectivity index (χ3n) is 2.58. The van der Waals surface area contributed by atoms with Crippen molar-refractivity contribution >= 4 is 11.9 Å². The van der Waals surface area contributed by atoms with Crippen molar-refractivity contribution in [1.29, 1.82) is 0 Å². The van der Waals surface area contributed by atoms with Crippen molar-refractivity contribution in [2.45, 2.75) is 46.6 Å². The van der Waals surface area contributed by atoms with Crippen LogP contribution in [-0.4, -0.2) is 25.0 Å². The van der Waals surface area contributed by atoms with E-state index in [1.807, 2.05) is 20.8 Å². The molecule has 1 atom stereocenters. The summed E-state index contributed by atoms with van der Waals surface area (Å²) in [4.78, 5) is 22.7. The van der Waals surface area contributed by atoms with Crippen molar-refractivity contribution in [2.24, 2.45) is 5.41 Å². The summed E-state index contributed by atoms with van der Waals surface area (Å²) in [5.74, 6) is -0.335. The zero-order chi connectivity index (χ0) is 12.1. The second-order valence-electron chi connectivity index (χ2n) is 4.39. The Balaban J connectivity index is 4.13. The van der Waals surface area contributed by atoms with Crippen LogP contribution >= 0.6 is 0 Å². The van der Waals surface area contributed by atoms with Crippen molar-refractivity contribution in [3.8, 4) is 0 Å². The van der Waals surface area contributed by atoms with Gasteiger partial charge in [0.25, 0.3) is 0 Å². The SMILES string of the molecule is CCC(C)(C)C(=O)N[C@H](C)CC(=O)OC. The van der Waals surface area contributed by atoms with Crippen LogP contribution in [0.15, 0.2) is 0 Å². The molecule has 0 fully saturated rings. The highest BCUT2D eigenvalue weighted by atomic mass is 16.5. The smallest absolute Gasteiger partial charge is 0.307 e. The molecule has 1 amide bonds. The van der Waals surface area contributed by atoms with Gasteiger partial charge in [0.1, 0.15) is 0 Å². The van der Waals surface area contributed by atoms with Crippen molar-refractivity contribution in [1.82, 2.24) is 5.32 Å². The van der Waals surface area contributed by atoms with Gasteiger partial charge >= 0.3 is 5.97 Å². The van der Waals surface area contributed by atoms with Crippen LogP contribution in [-0.2, 0) is 14.3 Å². The average Bonchev–Trinajstić information content (AvgIpc) is 2.17. The second kappa shape index (κ2) is 5.73. The highest BCUT2D eigenvalue weighted by Crippen LogP contribution is 2.19. The molecule has 0 heterocycles. The first-order valence-electron chi connectivity index (χ1n) is 5.21. The first-order chi connectivity index (χ1) is 6.83. The first-order valence-corrected chi connectivity index (χ1v) is 5.21. The molecule has 0 aromatic rings. The van der Waals surface area contributed by atoms with Gasteiger partial charge in [-0.2, -0.15) is 0 Å². The summed E-state index contributed by atoms with van der Waals surface area (Å²) in [7, 11) is 1.34. The molecule has 0 aliphatic rings. The van der Waals surface area contributed by atoms with Gasteiger partial charge in [0, 0.05) is 11.5 Å². The lowest BCUT2D eigenvalue weighted by Gasteiger charge is -2.24. The summed E-state index contributed by atoms with van der Waals surface area (Å²) < 4.78 is 4.52. The number of hydrogen-bond acceptors (Lipinski definition) is 3. The fourth-order valence-corrected chi connectivity index (χ4v) is 0.964. The molecule has 0 aliphatic carbocycles. The topological polar surface area (TPSA) is 55.4 Å². The van der Waals surface area contributed by atoms with Gasteiger partial charge in [0.05, 0.1) is 13.5 Å². The minimum atomic E-state index is -0.385. The lowest BCUT2D eigenvalue weighted by molar-refractivity contribution is -0.141. The molecular formula is C11H21NO3. The number of amides is 1. The Labute approximate surface area is 91.4 Å². The van der Waals surface area contributed by atoms with Gasteiger partial charge in [-0.1, -0.05) is 20.8 Å². The monoisotopic (exact) mass is 215 g/mol. The molecule has 0 saturated carbocycles. The Kier molecular flexibility index (Phi) is 5.33. The fourth-order valence-electron chi connectivity index (χ4n) is 0.964. The Morgan fingerprint density at radius 1 is 1.40 bits per heavy atom. The lowest BCUT2D eigenvalue weighted by atomic mass is 9.89. The Morgan fingerprint density at radius 3 is 2.33 bits per heavy atom. The molecule has 0 spiro atoms. The summed E-state index contributed by atoms with van der Waals surface area (Å²) >= 11 is 0. The van der Waals surface area contributed by atoms with E-state index in [1.165, 1.54) is 7.11 Å². The standard InChI is InChI=1S/C11H21NO3/c1-6-11(3,4)10(14)12-8(2)7-9(13)15-5/h8H,6-7H2,1-5H3,(H,12,14)/t8-/m1/s1. The van der Waals surface area contributed by atoms with E-state index in [2.05, 4.69) is 10.1 Å². The molecule has 0 unspecified atom stereocenters. The van der Waals surface area contributed by atoms with Crippen molar-refractivity contribution in [3.63, 3.8) is 0 Å². The Morgan fingerprint density at radius 2 is 1.93 bits per heavy atom. The molecule has 0 aliphatic heterocycles. The Hall–Kier alpha value is -1.06. The molecule has 1 N–H and O–H groups in total.